The van der Waals surface area contributed by atoms with E-state index in [-0.39, 0.29) is 0 Å². The first-order valence-electron chi connectivity index (χ1n) is 9.14. The van der Waals surface area contributed by atoms with Crippen LogP contribution in [0.1, 0.15) is 32.9 Å². The van der Waals surface area contributed by atoms with Gasteiger partial charge in [-0.25, -0.2) is 0 Å². The minimum Gasteiger partial charge on any atom is -0.366 e. The maximum atomic E-state index is 11.4. The zero-order valence-corrected chi connectivity index (χ0v) is 16.6. The Morgan fingerprint density at radius 2 is 1.62 bits per heavy atom. The van der Waals surface area contributed by atoms with E-state index >= 15 is 0 Å². The highest BCUT2D eigenvalue weighted by atomic mass is 16.5. The molecule has 29 heavy (non-hydrogen) atoms. The zero-order valence-electron chi connectivity index (χ0n) is 16.6. The number of carbonyl (C=O) groups is 1. The van der Waals surface area contributed by atoms with Gasteiger partial charge in [0.1, 0.15) is 5.76 Å². The van der Waals surface area contributed by atoms with Crippen LogP contribution < -0.4 is 5.73 Å². The van der Waals surface area contributed by atoms with Crippen molar-refractivity contribution in [2.45, 2.75) is 27.7 Å². The van der Waals surface area contributed by atoms with E-state index in [1.165, 1.54) is 0 Å². The van der Waals surface area contributed by atoms with E-state index < -0.39 is 5.91 Å². The number of hydrogen-bond donors (Lipinski definition) is 1. The molecule has 0 unspecified atom stereocenters. The van der Waals surface area contributed by atoms with Crippen LogP contribution in [0.5, 0.6) is 0 Å². The third-order valence-electron chi connectivity index (χ3n) is 4.95. The van der Waals surface area contributed by atoms with Gasteiger partial charge in [-0.15, -0.1) is 0 Å². The van der Waals surface area contributed by atoms with E-state index in [2.05, 4.69) is 15.3 Å². The number of nitrogens with zero attached hydrogens (tertiary/aromatic N) is 3. The zero-order chi connectivity index (χ0) is 20.7. The SMILES string of the molecule is Cc1cc(-c2noc(-c3ccc(-c4c(C)noc4C)c(C)c3)n2)ccc1C(N)=O. The predicted octanol–water partition coefficient (Wildman–Crippen LogP) is 4.39. The van der Waals surface area contributed by atoms with Crippen molar-refractivity contribution in [3.05, 3.63) is 64.5 Å². The number of amides is 1. The number of aryl methyl sites for hydroxylation is 4. The monoisotopic (exact) mass is 388 g/mol. The molecule has 7 heteroatoms. The van der Waals surface area contributed by atoms with Gasteiger partial charge in [0.15, 0.2) is 0 Å². The van der Waals surface area contributed by atoms with Crippen molar-refractivity contribution in [3.8, 4) is 34.0 Å². The molecule has 4 rings (SSSR count). The lowest BCUT2D eigenvalue weighted by atomic mass is 9.97. The summed E-state index contributed by atoms with van der Waals surface area (Å²) in [6, 6.07) is 11.2. The van der Waals surface area contributed by atoms with Gasteiger partial charge in [0.05, 0.1) is 5.69 Å². The van der Waals surface area contributed by atoms with Crippen LogP contribution >= 0.6 is 0 Å². The number of aromatic nitrogens is 3. The lowest BCUT2D eigenvalue weighted by Gasteiger charge is -2.06. The van der Waals surface area contributed by atoms with Gasteiger partial charge in [0.2, 0.25) is 11.7 Å². The Balaban J connectivity index is 1.67. The molecule has 0 aliphatic carbocycles. The van der Waals surface area contributed by atoms with Crippen LogP contribution in [0, 0.1) is 27.7 Å². The fourth-order valence-corrected chi connectivity index (χ4v) is 3.48. The normalized spacial score (nSPS) is 11.0. The second kappa shape index (κ2) is 7.01. The summed E-state index contributed by atoms with van der Waals surface area (Å²) in [4.78, 5) is 15.9. The first-order valence-corrected chi connectivity index (χ1v) is 9.14. The van der Waals surface area contributed by atoms with Gasteiger partial charge in [0.25, 0.3) is 5.89 Å². The smallest absolute Gasteiger partial charge is 0.258 e. The largest absolute Gasteiger partial charge is 0.366 e. The van der Waals surface area contributed by atoms with Crippen LogP contribution in [0.4, 0.5) is 0 Å². The lowest BCUT2D eigenvalue weighted by molar-refractivity contribution is 0.0999. The number of hydrogen-bond acceptors (Lipinski definition) is 6. The molecule has 2 aromatic heterocycles. The van der Waals surface area contributed by atoms with E-state index in [1.807, 2.05) is 52.0 Å². The maximum Gasteiger partial charge on any atom is 0.258 e. The third kappa shape index (κ3) is 3.31. The van der Waals surface area contributed by atoms with E-state index in [4.69, 9.17) is 14.8 Å². The summed E-state index contributed by atoms with van der Waals surface area (Å²) >= 11 is 0. The topological polar surface area (TPSA) is 108 Å². The fourth-order valence-electron chi connectivity index (χ4n) is 3.48. The lowest BCUT2D eigenvalue weighted by Crippen LogP contribution is -2.12. The fraction of sp³-hybridized carbons (Fsp3) is 0.182. The predicted molar refractivity (Wildman–Crippen MR) is 108 cm³/mol. The highest BCUT2D eigenvalue weighted by Crippen LogP contribution is 2.32. The van der Waals surface area contributed by atoms with Crippen LogP contribution in [-0.4, -0.2) is 21.2 Å². The van der Waals surface area contributed by atoms with Gasteiger partial charge in [-0.2, -0.15) is 4.98 Å². The second-order valence-corrected chi connectivity index (χ2v) is 7.05. The van der Waals surface area contributed by atoms with E-state index in [9.17, 15) is 4.79 Å². The average Bonchev–Trinajstić information content (AvgIpc) is 3.29. The molecule has 146 valence electrons. The number of primary amides is 1. The molecular formula is C22H20N4O3. The Morgan fingerprint density at radius 1 is 0.897 bits per heavy atom. The number of carbonyl (C=O) groups excluding carboxylic acids is 1. The minimum atomic E-state index is -0.461. The molecular weight excluding hydrogens is 368 g/mol. The molecule has 2 aromatic carbocycles. The van der Waals surface area contributed by atoms with Crippen LogP contribution in [0.25, 0.3) is 34.0 Å². The van der Waals surface area contributed by atoms with Crippen molar-refractivity contribution in [1.82, 2.24) is 15.3 Å². The summed E-state index contributed by atoms with van der Waals surface area (Å²) in [5.41, 5.74) is 12.2. The van der Waals surface area contributed by atoms with Crippen molar-refractivity contribution < 1.29 is 13.8 Å². The molecule has 2 N–H and O–H groups in total. The second-order valence-electron chi connectivity index (χ2n) is 7.05. The summed E-state index contributed by atoms with van der Waals surface area (Å²) in [5.74, 6) is 1.20. The van der Waals surface area contributed by atoms with Crippen LogP contribution in [0.2, 0.25) is 0 Å². The van der Waals surface area contributed by atoms with Crippen molar-refractivity contribution in [2.24, 2.45) is 5.73 Å². The highest BCUT2D eigenvalue weighted by molar-refractivity contribution is 5.94. The molecule has 0 fully saturated rings. The van der Waals surface area contributed by atoms with Crippen LogP contribution in [-0.2, 0) is 0 Å². The highest BCUT2D eigenvalue weighted by Gasteiger charge is 2.17. The molecule has 0 aliphatic rings. The Hall–Kier alpha value is -3.74. The van der Waals surface area contributed by atoms with E-state index in [0.29, 0.717) is 17.3 Å². The van der Waals surface area contributed by atoms with Crippen molar-refractivity contribution in [2.75, 3.05) is 0 Å². The maximum absolute atomic E-state index is 11.4. The van der Waals surface area contributed by atoms with Crippen molar-refractivity contribution in [1.29, 1.82) is 0 Å². The number of nitrogens with two attached hydrogens (primary N) is 1. The van der Waals surface area contributed by atoms with Gasteiger partial charge in [-0.3, -0.25) is 4.79 Å². The third-order valence-corrected chi connectivity index (χ3v) is 4.95. The molecule has 1 amide bonds. The van der Waals surface area contributed by atoms with Crippen molar-refractivity contribution >= 4 is 5.91 Å². The van der Waals surface area contributed by atoms with Gasteiger partial charge in [0, 0.05) is 22.3 Å². The molecule has 0 atom stereocenters. The molecule has 0 bridgehead atoms. The Morgan fingerprint density at radius 3 is 2.24 bits per heavy atom. The Kier molecular flexibility index (Phi) is 4.50. The van der Waals surface area contributed by atoms with Gasteiger partial charge < -0.3 is 14.8 Å². The van der Waals surface area contributed by atoms with E-state index in [1.54, 1.807) is 12.1 Å². The van der Waals surface area contributed by atoms with E-state index in [0.717, 1.165) is 44.8 Å². The van der Waals surface area contributed by atoms with Crippen molar-refractivity contribution in [3.63, 3.8) is 0 Å². The van der Waals surface area contributed by atoms with Crippen LogP contribution in [0.15, 0.2) is 45.4 Å². The van der Waals surface area contributed by atoms with Gasteiger partial charge >= 0.3 is 0 Å². The standard InChI is InChI=1S/C22H20N4O3/c1-11-10-16(6-7-17(11)19-13(3)25-28-14(19)4)22-24-21(26-29-22)15-5-8-18(20(23)27)12(2)9-15/h5-10H,1-4H3,(H2,23,27). The first kappa shape index (κ1) is 18.6. The first-order chi connectivity index (χ1) is 13.8. The summed E-state index contributed by atoms with van der Waals surface area (Å²) in [6.45, 7) is 7.67. The summed E-state index contributed by atoms with van der Waals surface area (Å²) in [7, 11) is 0. The molecule has 4 aromatic rings. The average molecular weight is 388 g/mol. The number of benzene rings is 2. The summed E-state index contributed by atoms with van der Waals surface area (Å²) in [5, 5.41) is 8.11. The van der Waals surface area contributed by atoms with Crippen LogP contribution in [0.3, 0.4) is 0 Å². The molecule has 0 saturated heterocycles. The molecule has 0 saturated carbocycles. The minimum absolute atomic E-state index is 0.421. The van der Waals surface area contributed by atoms with Gasteiger partial charge in [-0.05, 0) is 68.7 Å². The quantitative estimate of drug-likeness (QED) is 0.555. The number of rotatable bonds is 4. The molecule has 7 nitrogen and oxygen atoms in total. The Labute approximate surface area is 167 Å². The molecule has 0 aliphatic heterocycles. The summed E-state index contributed by atoms with van der Waals surface area (Å²) < 4.78 is 10.8. The molecule has 2 heterocycles. The summed E-state index contributed by atoms with van der Waals surface area (Å²) in [6.07, 6.45) is 0. The molecule has 0 spiro atoms. The molecule has 0 radical (unpaired) electrons. The van der Waals surface area contributed by atoms with Gasteiger partial charge in [-0.1, -0.05) is 22.4 Å². The Bertz CT molecular complexity index is 1220.